The van der Waals surface area contributed by atoms with Crippen molar-refractivity contribution in [2.45, 2.75) is 32.7 Å². The van der Waals surface area contributed by atoms with Crippen molar-refractivity contribution in [3.63, 3.8) is 0 Å². The molecule has 4 N–H and O–H groups in total. The number of carbonyl (C=O) groups is 2. The Morgan fingerprint density at radius 1 is 1.39 bits per heavy atom. The van der Waals surface area contributed by atoms with Gasteiger partial charge in [0.15, 0.2) is 0 Å². The van der Waals surface area contributed by atoms with Crippen LogP contribution in [0.15, 0.2) is 18.2 Å². The fourth-order valence-electron chi connectivity index (χ4n) is 1.76. The lowest BCUT2D eigenvalue weighted by molar-refractivity contribution is -0.137. The zero-order valence-electron chi connectivity index (χ0n) is 10.8. The summed E-state index contributed by atoms with van der Waals surface area (Å²) in [6, 6.07) is 5.20. The highest BCUT2D eigenvalue weighted by atomic mass is 16.4. The van der Waals surface area contributed by atoms with Crippen LogP contribution in [0.3, 0.4) is 0 Å². The minimum Gasteiger partial charge on any atom is -0.481 e. The fourth-order valence-corrected chi connectivity index (χ4v) is 1.76. The minimum absolute atomic E-state index is 0.0564. The first-order valence-corrected chi connectivity index (χ1v) is 5.62. The van der Waals surface area contributed by atoms with Crippen molar-refractivity contribution in [3.8, 4) is 0 Å². The predicted octanol–water partition coefficient (Wildman–Crippen LogP) is 1.76. The van der Waals surface area contributed by atoms with Gasteiger partial charge in [-0.05, 0) is 38.5 Å². The van der Waals surface area contributed by atoms with E-state index in [1.807, 2.05) is 6.92 Å². The van der Waals surface area contributed by atoms with E-state index in [2.05, 4.69) is 5.32 Å². The van der Waals surface area contributed by atoms with E-state index in [0.29, 0.717) is 11.3 Å². The first-order chi connectivity index (χ1) is 8.21. The third-order valence-electron chi connectivity index (χ3n) is 2.51. The highest BCUT2D eigenvalue weighted by molar-refractivity contribution is 5.98. The number of carboxylic acid groups (broad SMARTS) is 1. The van der Waals surface area contributed by atoms with Gasteiger partial charge in [-0.25, -0.2) is 0 Å². The summed E-state index contributed by atoms with van der Waals surface area (Å²) < 4.78 is 0. The van der Waals surface area contributed by atoms with Crippen LogP contribution >= 0.6 is 0 Å². The molecule has 0 radical (unpaired) electrons. The van der Waals surface area contributed by atoms with Gasteiger partial charge in [-0.1, -0.05) is 6.07 Å². The van der Waals surface area contributed by atoms with Gasteiger partial charge in [-0.15, -0.1) is 0 Å². The van der Waals surface area contributed by atoms with Crippen molar-refractivity contribution < 1.29 is 14.7 Å². The van der Waals surface area contributed by atoms with Gasteiger partial charge < -0.3 is 16.2 Å². The lowest BCUT2D eigenvalue weighted by atomic mass is 9.98. The molecule has 0 aliphatic rings. The van der Waals surface area contributed by atoms with Gasteiger partial charge in [0, 0.05) is 11.2 Å². The summed E-state index contributed by atoms with van der Waals surface area (Å²) in [5, 5.41) is 11.9. The number of carboxylic acids is 1. The highest BCUT2D eigenvalue weighted by Gasteiger charge is 2.23. The molecule has 1 rings (SSSR count). The lowest BCUT2D eigenvalue weighted by Gasteiger charge is -2.27. The van der Waals surface area contributed by atoms with E-state index in [-0.39, 0.29) is 6.42 Å². The second-order valence-electron chi connectivity index (χ2n) is 4.99. The topological polar surface area (TPSA) is 92.4 Å². The Hall–Kier alpha value is -2.04. The Bertz CT molecular complexity index is 481. The van der Waals surface area contributed by atoms with Crippen LogP contribution in [-0.2, 0) is 4.79 Å². The molecule has 0 spiro atoms. The fraction of sp³-hybridized carbons (Fsp3) is 0.385. The van der Waals surface area contributed by atoms with Gasteiger partial charge in [-0.2, -0.15) is 0 Å². The van der Waals surface area contributed by atoms with Crippen LogP contribution in [0.5, 0.6) is 0 Å². The van der Waals surface area contributed by atoms with Crippen LogP contribution in [0.25, 0.3) is 0 Å². The lowest BCUT2D eigenvalue weighted by Crippen LogP contribution is -2.34. The molecule has 0 fully saturated rings. The van der Waals surface area contributed by atoms with E-state index in [4.69, 9.17) is 10.8 Å². The molecule has 0 saturated carbocycles. The number of hydrogen-bond donors (Lipinski definition) is 3. The van der Waals surface area contributed by atoms with Gasteiger partial charge in [0.1, 0.15) is 0 Å². The van der Waals surface area contributed by atoms with Crippen molar-refractivity contribution in [1.29, 1.82) is 0 Å². The molecular formula is C13H18N2O3. The molecule has 5 heteroatoms. The molecule has 0 aliphatic carbocycles. The smallest absolute Gasteiger partial charge is 0.305 e. The average molecular weight is 250 g/mol. The molecule has 1 aromatic carbocycles. The van der Waals surface area contributed by atoms with Crippen LogP contribution in [-0.4, -0.2) is 22.5 Å². The van der Waals surface area contributed by atoms with Crippen molar-refractivity contribution >= 4 is 17.6 Å². The Labute approximate surface area is 106 Å². The average Bonchev–Trinajstić information content (AvgIpc) is 2.13. The standard InChI is InChI=1S/C13H18N2O3/c1-8-4-5-9(12(14)18)10(6-8)15-13(2,3)7-11(16)17/h4-6,15H,7H2,1-3H3,(H2,14,18)(H,16,17). The number of anilines is 1. The normalized spacial score (nSPS) is 11.1. The van der Waals surface area contributed by atoms with Gasteiger partial charge in [-0.3, -0.25) is 9.59 Å². The van der Waals surface area contributed by atoms with Crippen molar-refractivity contribution in [3.05, 3.63) is 29.3 Å². The first kappa shape index (κ1) is 14.0. The van der Waals surface area contributed by atoms with Gasteiger partial charge in [0.05, 0.1) is 12.0 Å². The zero-order valence-corrected chi connectivity index (χ0v) is 10.8. The number of carbonyl (C=O) groups excluding carboxylic acids is 1. The molecule has 0 aliphatic heterocycles. The molecule has 0 saturated heterocycles. The number of aliphatic carboxylic acids is 1. The van der Waals surface area contributed by atoms with E-state index in [0.717, 1.165) is 5.56 Å². The Morgan fingerprint density at radius 2 is 2.00 bits per heavy atom. The number of nitrogens with one attached hydrogen (secondary N) is 1. The summed E-state index contributed by atoms with van der Waals surface area (Å²) in [6.07, 6.45) is -0.0564. The van der Waals surface area contributed by atoms with Crippen molar-refractivity contribution in [2.75, 3.05) is 5.32 Å². The second kappa shape index (κ2) is 5.08. The minimum atomic E-state index is -0.902. The molecule has 0 heterocycles. The summed E-state index contributed by atoms with van der Waals surface area (Å²) in [5.74, 6) is -1.44. The molecule has 0 bridgehead atoms. The number of primary amides is 1. The third-order valence-corrected chi connectivity index (χ3v) is 2.51. The number of aryl methyl sites for hydroxylation is 1. The van der Waals surface area contributed by atoms with Crippen LogP contribution in [0.2, 0.25) is 0 Å². The van der Waals surface area contributed by atoms with Crippen LogP contribution in [0.1, 0.15) is 36.2 Å². The number of benzene rings is 1. The number of rotatable bonds is 5. The zero-order chi connectivity index (χ0) is 13.9. The molecule has 0 unspecified atom stereocenters. The van der Waals surface area contributed by atoms with Gasteiger partial charge in [0.25, 0.3) is 5.91 Å². The number of hydrogen-bond acceptors (Lipinski definition) is 3. The highest BCUT2D eigenvalue weighted by Crippen LogP contribution is 2.23. The van der Waals surface area contributed by atoms with E-state index in [1.54, 1.807) is 32.0 Å². The predicted molar refractivity (Wildman–Crippen MR) is 69.7 cm³/mol. The third kappa shape index (κ3) is 3.76. The molecule has 5 nitrogen and oxygen atoms in total. The maximum atomic E-state index is 11.3. The van der Waals surface area contributed by atoms with Gasteiger partial charge in [0.2, 0.25) is 0 Å². The molecule has 98 valence electrons. The van der Waals surface area contributed by atoms with Crippen molar-refractivity contribution in [2.24, 2.45) is 5.73 Å². The summed E-state index contributed by atoms with van der Waals surface area (Å²) in [4.78, 5) is 22.1. The number of amides is 1. The summed E-state index contributed by atoms with van der Waals surface area (Å²) >= 11 is 0. The van der Waals surface area contributed by atoms with Crippen LogP contribution < -0.4 is 11.1 Å². The Morgan fingerprint density at radius 3 is 2.50 bits per heavy atom. The number of nitrogens with two attached hydrogens (primary N) is 1. The molecule has 0 atom stereocenters. The van der Waals surface area contributed by atoms with Gasteiger partial charge >= 0.3 is 5.97 Å². The largest absolute Gasteiger partial charge is 0.481 e. The first-order valence-electron chi connectivity index (χ1n) is 5.62. The summed E-state index contributed by atoms with van der Waals surface area (Å²) in [5.41, 5.74) is 6.52. The van der Waals surface area contributed by atoms with Crippen LogP contribution in [0, 0.1) is 6.92 Å². The maximum absolute atomic E-state index is 11.3. The molecular weight excluding hydrogens is 232 g/mol. The molecule has 0 aromatic heterocycles. The van der Waals surface area contributed by atoms with E-state index >= 15 is 0 Å². The monoisotopic (exact) mass is 250 g/mol. The van der Waals surface area contributed by atoms with Crippen molar-refractivity contribution in [1.82, 2.24) is 0 Å². The molecule has 1 aromatic rings. The Kier molecular flexibility index (Phi) is 3.96. The summed E-state index contributed by atoms with van der Waals surface area (Å²) in [7, 11) is 0. The van der Waals surface area contributed by atoms with E-state index < -0.39 is 17.4 Å². The van der Waals surface area contributed by atoms with E-state index in [1.165, 1.54) is 0 Å². The maximum Gasteiger partial charge on any atom is 0.305 e. The Balaban J connectivity index is 3.05. The van der Waals surface area contributed by atoms with Crippen LogP contribution in [0.4, 0.5) is 5.69 Å². The van der Waals surface area contributed by atoms with E-state index in [9.17, 15) is 9.59 Å². The molecule has 18 heavy (non-hydrogen) atoms. The molecule has 1 amide bonds. The SMILES string of the molecule is Cc1ccc(C(N)=O)c(NC(C)(C)CC(=O)O)c1. The second-order valence-corrected chi connectivity index (χ2v) is 4.99. The summed E-state index contributed by atoms with van der Waals surface area (Å²) in [6.45, 7) is 5.41. The quantitative estimate of drug-likeness (QED) is 0.742.